The second kappa shape index (κ2) is 8.81. The summed E-state index contributed by atoms with van der Waals surface area (Å²) in [6.45, 7) is 4.44. The molecule has 1 saturated heterocycles. The lowest BCUT2D eigenvalue weighted by Crippen LogP contribution is -2.28. The van der Waals surface area contributed by atoms with Crippen LogP contribution in [0.3, 0.4) is 0 Å². The van der Waals surface area contributed by atoms with Crippen molar-refractivity contribution in [2.75, 3.05) is 16.8 Å². The Morgan fingerprint density at radius 1 is 1.09 bits per heavy atom. The number of nitrogens with zero attached hydrogens (tertiary/aromatic N) is 3. The minimum absolute atomic E-state index is 0.0293. The molecule has 7 heteroatoms. The Bertz CT molecular complexity index is 1200. The smallest absolute Gasteiger partial charge is 0.230 e. The van der Waals surface area contributed by atoms with Gasteiger partial charge in [0, 0.05) is 35.8 Å². The van der Waals surface area contributed by atoms with Crippen LogP contribution in [0, 0.1) is 19.8 Å². The lowest BCUT2D eigenvalue weighted by atomic mass is 10.1. The van der Waals surface area contributed by atoms with E-state index in [0.717, 1.165) is 29.7 Å². The quantitative estimate of drug-likeness (QED) is 0.598. The van der Waals surface area contributed by atoms with Crippen molar-refractivity contribution in [1.29, 1.82) is 0 Å². The normalized spacial score (nSPS) is 18.8. The number of nitrogens with one attached hydrogen (secondary N) is 1. The van der Waals surface area contributed by atoms with E-state index in [9.17, 15) is 9.59 Å². The fourth-order valence-electron chi connectivity index (χ4n) is 4.70. The average Bonchev–Trinajstić information content (AvgIpc) is 3.56. The van der Waals surface area contributed by atoms with E-state index in [1.165, 1.54) is 18.4 Å². The summed E-state index contributed by atoms with van der Waals surface area (Å²) >= 11 is 0. The minimum Gasteiger partial charge on any atom is -0.339 e. The first-order valence-corrected chi connectivity index (χ1v) is 11.6. The van der Waals surface area contributed by atoms with Crippen LogP contribution in [0.2, 0.25) is 0 Å². The molecule has 1 N–H and O–H groups in total. The van der Waals surface area contributed by atoms with E-state index >= 15 is 0 Å². The third-order valence-corrected chi connectivity index (χ3v) is 6.83. The molecule has 0 bridgehead atoms. The standard InChI is InChI=1S/C26H28N4O3/c1-16-10-11-22(12-17(16)2)30-15-20(14-23(30)31)25(32)27-21-9-5-8-19(13-21)24-28-26(33-29-24)18-6-3-4-7-18/h5,8-13,18,20H,3-4,6-7,14-15H2,1-2H3,(H,27,32)/t20-/m1/s1. The maximum atomic E-state index is 12.9. The van der Waals surface area contributed by atoms with Crippen LogP contribution >= 0.6 is 0 Å². The van der Waals surface area contributed by atoms with Crippen LogP contribution < -0.4 is 10.2 Å². The summed E-state index contributed by atoms with van der Waals surface area (Å²) in [5, 5.41) is 7.11. The Morgan fingerprint density at radius 3 is 2.70 bits per heavy atom. The Hall–Kier alpha value is -3.48. The third kappa shape index (κ3) is 4.40. The van der Waals surface area contributed by atoms with Gasteiger partial charge in [-0.1, -0.05) is 36.2 Å². The van der Waals surface area contributed by atoms with Gasteiger partial charge in [-0.3, -0.25) is 9.59 Å². The molecule has 2 aliphatic rings. The number of rotatable bonds is 5. The number of amides is 2. The highest BCUT2D eigenvalue weighted by Crippen LogP contribution is 2.34. The Morgan fingerprint density at radius 2 is 1.91 bits per heavy atom. The number of benzene rings is 2. The zero-order valence-electron chi connectivity index (χ0n) is 19.0. The van der Waals surface area contributed by atoms with Gasteiger partial charge in [0.2, 0.25) is 23.5 Å². The highest BCUT2D eigenvalue weighted by molar-refractivity contribution is 6.03. The first-order chi connectivity index (χ1) is 16.0. The predicted octanol–water partition coefficient (Wildman–Crippen LogP) is 5.00. The number of aromatic nitrogens is 2. The highest BCUT2D eigenvalue weighted by Gasteiger charge is 2.35. The molecule has 2 fully saturated rings. The minimum atomic E-state index is -0.401. The molecule has 1 aliphatic carbocycles. The number of anilines is 2. The molecule has 0 spiro atoms. The Labute approximate surface area is 193 Å². The predicted molar refractivity (Wildman–Crippen MR) is 126 cm³/mol. The maximum Gasteiger partial charge on any atom is 0.230 e. The molecule has 7 nitrogen and oxygen atoms in total. The Balaban J connectivity index is 1.26. The van der Waals surface area contributed by atoms with Gasteiger partial charge in [-0.25, -0.2) is 0 Å². The third-order valence-electron chi connectivity index (χ3n) is 6.83. The fourth-order valence-corrected chi connectivity index (χ4v) is 4.70. The van der Waals surface area contributed by atoms with Crippen LogP contribution in [0.25, 0.3) is 11.4 Å². The largest absolute Gasteiger partial charge is 0.339 e. The second-order valence-corrected chi connectivity index (χ2v) is 9.18. The van der Waals surface area contributed by atoms with Gasteiger partial charge in [-0.15, -0.1) is 0 Å². The van der Waals surface area contributed by atoms with E-state index in [1.807, 2.05) is 56.3 Å². The van der Waals surface area contributed by atoms with Crippen molar-refractivity contribution in [3.05, 3.63) is 59.5 Å². The van der Waals surface area contributed by atoms with Crippen LogP contribution in [0.15, 0.2) is 47.0 Å². The molecule has 1 aliphatic heterocycles. The van der Waals surface area contributed by atoms with Gasteiger partial charge in [-0.05, 0) is 62.1 Å². The van der Waals surface area contributed by atoms with E-state index in [-0.39, 0.29) is 18.2 Å². The first kappa shape index (κ1) is 21.4. The van der Waals surface area contributed by atoms with Crippen LogP contribution in [-0.4, -0.2) is 28.5 Å². The van der Waals surface area contributed by atoms with Crippen molar-refractivity contribution >= 4 is 23.2 Å². The van der Waals surface area contributed by atoms with Crippen molar-refractivity contribution in [3.8, 4) is 11.4 Å². The summed E-state index contributed by atoms with van der Waals surface area (Å²) in [5.74, 6) is 0.999. The zero-order valence-corrected chi connectivity index (χ0v) is 19.0. The molecule has 3 aromatic rings. The molecule has 1 saturated carbocycles. The molecule has 0 unspecified atom stereocenters. The molecule has 33 heavy (non-hydrogen) atoms. The van der Waals surface area contributed by atoms with E-state index in [4.69, 9.17) is 4.52 Å². The lowest BCUT2D eigenvalue weighted by molar-refractivity contribution is -0.122. The number of hydrogen-bond donors (Lipinski definition) is 1. The van der Waals surface area contributed by atoms with Gasteiger partial charge in [0.1, 0.15) is 0 Å². The summed E-state index contributed by atoms with van der Waals surface area (Å²) < 4.78 is 5.50. The molecule has 0 radical (unpaired) electrons. The van der Waals surface area contributed by atoms with E-state index < -0.39 is 5.92 Å². The summed E-state index contributed by atoms with van der Waals surface area (Å²) in [7, 11) is 0. The van der Waals surface area contributed by atoms with E-state index in [2.05, 4.69) is 15.5 Å². The van der Waals surface area contributed by atoms with Crippen LogP contribution in [-0.2, 0) is 9.59 Å². The first-order valence-electron chi connectivity index (χ1n) is 11.6. The average molecular weight is 445 g/mol. The van der Waals surface area contributed by atoms with E-state index in [1.54, 1.807) is 4.90 Å². The molecule has 2 amide bonds. The summed E-state index contributed by atoms with van der Waals surface area (Å²) in [6.07, 6.45) is 4.80. The number of aryl methyl sites for hydroxylation is 2. The van der Waals surface area contributed by atoms with Crippen molar-refractivity contribution in [3.63, 3.8) is 0 Å². The van der Waals surface area contributed by atoms with Gasteiger partial charge in [0.25, 0.3) is 0 Å². The molecule has 2 heterocycles. The number of hydrogen-bond acceptors (Lipinski definition) is 5. The molecular weight excluding hydrogens is 416 g/mol. The van der Waals surface area contributed by atoms with Gasteiger partial charge in [0.05, 0.1) is 5.92 Å². The second-order valence-electron chi connectivity index (χ2n) is 9.18. The van der Waals surface area contributed by atoms with Gasteiger partial charge in [-0.2, -0.15) is 4.98 Å². The maximum absolute atomic E-state index is 12.9. The summed E-state index contributed by atoms with van der Waals surface area (Å²) in [5.41, 5.74) is 4.59. The zero-order chi connectivity index (χ0) is 22.9. The van der Waals surface area contributed by atoms with Crippen molar-refractivity contribution in [2.45, 2.75) is 51.9 Å². The summed E-state index contributed by atoms with van der Waals surface area (Å²) in [6, 6.07) is 13.4. The van der Waals surface area contributed by atoms with Crippen LogP contribution in [0.1, 0.15) is 55.0 Å². The lowest BCUT2D eigenvalue weighted by Gasteiger charge is -2.18. The molecule has 170 valence electrons. The topological polar surface area (TPSA) is 88.3 Å². The molecule has 1 atom stereocenters. The molecular formula is C26H28N4O3. The van der Waals surface area contributed by atoms with Crippen molar-refractivity contribution in [1.82, 2.24) is 10.1 Å². The monoisotopic (exact) mass is 444 g/mol. The van der Waals surface area contributed by atoms with Crippen molar-refractivity contribution in [2.24, 2.45) is 5.92 Å². The molecule has 2 aromatic carbocycles. The number of carbonyl (C=O) groups is 2. The number of carbonyl (C=O) groups excluding carboxylic acids is 2. The van der Waals surface area contributed by atoms with Gasteiger partial charge in [0.15, 0.2) is 0 Å². The van der Waals surface area contributed by atoms with Gasteiger partial charge < -0.3 is 14.7 Å². The molecule has 1 aromatic heterocycles. The molecule has 5 rings (SSSR count). The van der Waals surface area contributed by atoms with Crippen LogP contribution in [0.5, 0.6) is 0 Å². The Kier molecular flexibility index (Phi) is 5.70. The SMILES string of the molecule is Cc1ccc(N2C[C@H](C(=O)Nc3cccc(-c4noc(C5CCCC5)n4)c3)CC2=O)cc1C. The van der Waals surface area contributed by atoms with Crippen molar-refractivity contribution < 1.29 is 14.1 Å². The van der Waals surface area contributed by atoms with E-state index in [0.29, 0.717) is 29.9 Å². The van der Waals surface area contributed by atoms with Crippen LogP contribution in [0.4, 0.5) is 11.4 Å². The fraction of sp³-hybridized carbons (Fsp3) is 0.385. The van der Waals surface area contributed by atoms with Gasteiger partial charge >= 0.3 is 0 Å². The summed E-state index contributed by atoms with van der Waals surface area (Å²) in [4.78, 5) is 31.8. The highest BCUT2D eigenvalue weighted by atomic mass is 16.5.